The average Bonchev–Trinajstić information content (AvgIpc) is 2.91. The van der Waals surface area contributed by atoms with Crippen LogP contribution in [0.1, 0.15) is 11.1 Å². The van der Waals surface area contributed by atoms with Gasteiger partial charge in [0.05, 0.1) is 17.7 Å². The van der Waals surface area contributed by atoms with Crippen molar-refractivity contribution in [2.75, 3.05) is 0 Å². The van der Waals surface area contributed by atoms with Gasteiger partial charge in [0, 0.05) is 17.4 Å². The zero-order chi connectivity index (χ0) is 24.0. The molecule has 6 heteroatoms. The molecule has 5 nitrogen and oxygen atoms in total. The van der Waals surface area contributed by atoms with Gasteiger partial charge >= 0.3 is 0 Å². The zero-order valence-corrected chi connectivity index (χ0v) is 19.6. The Balaban J connectivity index is 1.72. The van der Waals surface area contributed by atoms with Gasteiger partial charge in [-0.2, -0.15) is 0 Å². The van der Waals surface area contributed by atoms with Gasteiger partial charge in [-0.1, -0.05) is 84.4 Å². The Labute approximate surface area is 208 Å². The molecular weight excluding hydrogens is 458 g/mol. The standard InChI is InChI=1S/C29H22ClN3O2/c30-25-13-11-23(12-14-25)26-27(24-15-17-31-18-16-24)29(34)33(19-21-7-3-1-4-8-21)32-28(26)35-20-22-9-5-2-6-10-22/h1-18H,19-20H2. The lowest BCUT2D eigenvalue weighted by Gasteiger charge is -2.18. The maximum absolute atomic E-state index is 13.9. The van der Waals surface area contributed by atoms with Crippen molar-refractivity contribution >= 4 is 11.6 Å². The third-order valence-electron chi connectivity index (χ3n) is 5.62. The molecule has 5 aromatic rings. The monoisotopic (exact) mass is 479 g/mol. The molecule has 0 aliphatic carbocycles. The van der Waals surface area contributed by atoms with Crippen LogP contribution in [0.25, 0.3) is 22.3 Å². The molecule has 2 heterocycles. The average molecular weight is 480 g/mol. The molecule has 0 saturated heterocycles. The molecule has 172 valence electrons. The van der Waals surface area contributed by atoms with E-state index in [9.17, 15) is 4.79 Å². The summed E-state index contributed by atoms with van der Waals surface area (Å²) >= 11 is 6.16. The van der Waals surface area contributed by atoms with E-state index in [1.807, 2.05) is 84.9 Å². The van der Waals surface area contributed by atoms with Crippen molar-refractivity contribution in [2.45, 2.75) is 13.2 Å². The largest absolute Gasteiger partial charge is 0.471 e. The lowest BCUT2D eigenvalue weighted by atomic mass is 9.97. The third kappa shape index (κ3) is 5.15. The Bertz CT molecular complexity index is 1470. The number of ether oxygens (including phenoxy) is 1. The number of hydrogen-bond donors (Lipinski definition) is 0. The SMILES string of the molecule is O=c1c(-c2ccncc2)c(-c2ccc(Cl)cc2)c(OCc2ccccc2)nn1Cc1ccccc1. The van der Waals surface area contributed by atoms with Crippen LogP contribution in [0, 0.1) is 0 Å². The van der Waals surface area contributed by atoms with E-state index in [1.54, 1.807) is 24.5 Å². The van der Waals surface area contributed by atoms with Crippen LogP contribution in [0.5, 0.6) is 5.88 Å². The maximum Gasteiger partial charge on any atom is 0.275 e. The number of rotatable bonds is 7. The van der Waals surface area contributed by atoms with E-state index in [0.29, 0.717) is 35.2 Å². The zero-order valence-electron chi connectivity index (χ0n) is 18.8. The van der Waals surface area contributed by atoms with Gasteiger partial charge in [-0.3, -0.25) is 9.78 Å². The van der Waals surface area contributed by atoms with Crippen LogP contribution in [0.3, 0.4) is 0 Å². The van der Waals surface area contributed by atoms with Gasteiger partial charge in [0.25, 0.3) is 5.56 Å². The molecule has 0 saturated carbocycles. The fourth-order valence-electron chi connectivity index (χ4n) is 3.91. The first-order valence-electron chi connectivity index (χ1n) is 11.2. The molecule has 0 spiro atoms. The maximum atomic E-state index is 13.9. The summed E-state index contributed by atoms with van der Waals surface area (Å²) in [6, 6.07) is 30.6. The second-order valence-corrected chi connectivity index (χ2v) is 8.46. The van der Waals surface area contributed by atoms with E-state index >= 15 is 0 Å². The lowest BCUT2D eigenvalue weighted by Crippen LogP contribution is -2.26. The Kier molecular flexibility index (Phi) is 6.68. The first-order chi connectivity index (χ1) is 17.2. The minimum absolute atomic E-state index is 0.211. The Morgan fingerprint density at radius 1 is 0.714 bits per heavy atom. The summed E-state index contributed by atoms with van der Waals surface area (Å²) in [5, 5.41) is 5.31. The second kappa shape index (κ2) is 10.4. The predicted molar refractivity (Wildman–Crippen MR) is 138 cm³/mol. The Hall–Kier alpha value is -4.22. The highest BCUT2D eigenvalue weighted by molar-refractivity contribution is 6.30. The summed E-state index contributed by atoms with van der Waals surface area (Å²) in [5.41, 5.74) is 4.42. The van der Waals surface area contributed by atoms with E-state index in [0.717, 1.165) is 22.3 Å². The summed E-state index contributed by atoms with van der Waals surface area (Å²) in [4.78, 5) is 18.0. The number of aromatic nitrogens is 3. The van der Waals surface area contributed by atoms with Crippen LogP contribution in [-0.4, -0.2) is 14.8 Å². The van der Waals surface area contributed by atoms with E-state index in [-0.39, 0.29) is 5.56 Å². The van der Waals surface area contributed by atoms with Gasteiger partial charge in [0.1, 0.15) is 6.61 Å². The van der Waals surface area contributed by atoms with Crippen LogP contribution >= 0.6 is 11.6 Å². The van der Waals surface area contributed by atoms with E-state index < -0.39 is 0 Å². The highest BCUT2D eigenvalue weighted by atomic mass is 35.5. The lowest BCUT2D eigenvalue weighted by molar-refractivity contribution is 0.285. The molecule has 3 aromatic carbocycles. The highest BCUT2D eigenvalue weighted by Crippen LogP contribution is 2.36. The molecule has 5 rings (SSSR count). The van der Waals surface area contributed by atoms with Crippen molar-refractivity contribution in [1.29, 1.82) is 0 Å². The smallest absolute Gasteiger partial charge is 0.275 e. The minimum Gasteiger partial charge on any atom is -0.471 e. The summed E-state index contributed by atoms with van der Waals surface area (Å²) in [6.07, 6.45) is 3.35. The molecule has 0 radical (unpaired) electrons. The second-order valence-electron chi connectivity index (χ2n) is 8.02. The fourth-order valence-corrected chi connectivity index (χ4v) is 4.04. The van der Waals surface area contributed by atoms with Gasteiger partial charge in [0.15, 0.2) is 0 Å². The summed E-state index contributed by atoms with van der Waals surface area (Å²) in [7, 11) is 0. The van der Waals surface area contributed by atoms with E-state index in [4.69, 9.17) is 21.4 Å². The van der Waals surface area contributed by atoms with Crippen molar-refractivity contribution in [2.24, 2.45) is 0 Å². The van der Waals surface area contributed by atoms with Crippen LogP contribution in [0.15, 0.2) is 114 Å². The van der Waals surface area contributed by atoms with Crippen molar-refractivity contribution in [3.8, 4) is 28.1 Å². The molecule has 0 unspecified atom stereocenters. The molecule has 0 atom stereocenters. The summed E-state index contributed by atoms with van der Waals surface area (Å²) in [5.74, 6) is 0.374. The first-order valence-corrected chi connectivity index (χ1v) is 11.6. The van der Waals surface area contributed by atoms with E-state index in [2.05, 4.69) is 4.98 Å². The summed E-state index contributed by atoms with van der Waals surface area (Å²) < 4.78 is 7.75. The Morgan fingerprint density at radius 3 is 1.97 bits per heavy atom. The number of benzene rings is 3. The van der Waals surface area contributed by atoms with Crippen LogP contribution in [0.4, 0.5) is 0 Å². The molecule has 0 fully saturated rings. The quantitative estimate of drug-likeness (QED) is 0.277. The number of hydrogen-bond acceptors (Lipinski definition) is 4. The van der Waals surface area contributed by atoms with Crippen molar-refractivity contribution in [3.05, 3.63) is 136 Å². The van der Waals surface area contributed by atoms with Gasteiger partial charge in [-0.05, 0) is 46.5 Å². The molecule has 0 N–H and O–H groups in total. The molecule has 35 heavy (non-hydrogen) atoms. The fraction of sp³-hybridized carbons (Fsp3) is 0.0690. The molecule has 0 amide bonds. The number of nitrogens with zero attached hydrogens (tertiary/aromatic N) is 3. The highest BCUT2D eigenvalue weighted by Gasteiger charge is 2.22. The normalized spacial score (nSPS) is 10.8. The number of pyridine rings is 1. The molecular formula is C29H22ClN3O2. The van der Waals surface area contributed by atoms with Crippen LogP contribution < -0.4 is 10.3 Å². The van der Waals surface area contributed by atoms with Crippen molar-refractivity contribution in [3.63, 3.8) is 0 Å². The van der Waals surface area contributed by atoms with Crippen molar-refractivity contribution in [1.82, 2.24) is 14.8 Å². The van der Waals surface area contributed by atoms with Gasteiger partial charge in [-0.15, -0.1) is 5.10 Å². The van der Waals surface area contributed by atoms with Crippen LogP contribution in [0.2, 0.25) is 5.02 Å². The van der Waals surface area contributed by atoms with Crippen LogP contribution in [-0.2, 0) is 13.2 Å². The summed E-state index contributed by atoms with van der Waals surface area (Å²) in [6.45, 7) is 0.633. The van der Waals surface area contributed by atoms with Gasteiger partial charge < -0.3 is 4.74 Å². The van der Waals surface area contributed by atoms with Gasteiger partial charge in [0.2, 0.25) is 5.88 Å². The Morgan fingerprint density at radius 2 is 1.31 bits per heavy atom. The number of halogens is 1. The predicted octanol–water partition coefficient (Wildman–Crippen LogP) is 6.25. The minimum atomic E-state index is -0.211. The molecule has 2 aromatic heterocycles. The third-order valence-corrected chi connectivity index (χ3v) is 5.87. The van der Waals surface area contributed by atoms with Crippen molar-refractivity contribution < 1.29 is 4.74 Å². The van der Waals surface area contributed by atoms with Gasteiger partial charge in [-0.25, -0.2) is 4.68 Å². The molecule has 0 aliphatic heterocycles. The van der Waals surface area contributed by atoms with E-state index in [1.165, 1.54) is 4.68 Å². The molecule has 0 aliphatic rings. The topological polar surface area (TPSA) is 57.0 Å². The molecule has 0 bridgehead atoms. The first kappa shape index (κ1) is 22.6.